The van der Waals surface area contributed by atoms with Gasteiger partial charge < -0.3 is 24.4 Å². The Kier molecular flexibility index (Phi) is 5.01. The second-order valence-corrected chi connectivity index (χ2v) is 6.08. The number of aromatic nitrogens is 3. The Morgan fingerprint density at radius 2 is 2.36 bits per heavy atom. The molecule has 1 aliphatic rings. The van der Waals surface area contributed by atoms with Gasteiger partial charge in [0.05, 0.1) is 13.1 Å². The lowest BCUT2D eigenvalue weighted by atomic mass is 10.3. The average molecular weight is 346 g/mol. The number of nitrogens with one attached hydrogen (secondary N) is 1. The lowest BCUT2D eigenvalue weighted by molar-refractivity contribution is 0.186. The molecule has 1 unspecified atom stereocenters. The van der Waals surface area contributed by atoms with Crippen molar-refractivity contribution in [3.05, 3.63) is 30.0 Å². The van der Waals surface area contributed by atoms with E-state index in [0.717, 1.165) is 18.0 Å². The third-order valence-electron chi connectivity index (χ3n) is 3.87. The Morgan fingerprint density at radius 3 is 3.08 bits per heavy atom. The van der Waals surface area contributed by atoms with E-state index in [1.165, 1.54) is 0 Å². The number of carbonyl (C=O) groups excluding carboxylic acids is 1. The number of carbonyl (C=O) groups is 1. The summed E-state index contributed by atoms with van der Waals surface area (Å²) in [7, 11) is 3.84. The van der Waals surface area contributed by atoms with Crippen LogP contribution in [0.1, 0.15) is 18.1 Å². The molecule has 9 nitrogen and oxygen atoms in total. The molecule has 9 heteroatoms. The molecule has 0 spiro atoms. The first kappa shape index (κ1) is 17.0. The molecule has 3 rings (SSSR count). The van der Waals surface area contributed by atoms with Crippen molar-refractivity contribution < 1.29 is 14.1 Å². The molecule has 0 radical (unpaired) electrons. The van der Waals surface area contributed by atoms with Crippen LogP contribution in [-0.2, 0) is 6.54 Å². The number of anilines is 1. The molecule has 2 aromatic rings. The number of rotatable bonds is 5. The number of hydrogen-bond donors (Lipinski definition) is 1. The average Bonchev–Trinajstić information content (AvgIpc) is 3.22. The minimum absolute atomic E-state index is 0.0546. The summed E-state index contributed by atoms with van der Waals surface area (Å²) in [5.74, 6) is 2.44. The lowest BCUT2D eigenvalue weighted by Gasteiger charge is -2.20. The van der Waals surface area contributed by atoms with Gasteiger partial charge in [0.2, 0.25) is 5.89 Å². The number of hydrogen-bond acceptors (Lipinski definition) is 7. The van der Waals surface area contributed by atoms with E-state index in [1.807, 2.05) is 31.1 Å². The molecule has 0 aromatic carbocycles. The van der Waals surface area contributed by atoms with Gasteiger partial charge in [-0.2, -0.15) is 4.98 Å². The molecule has 1 saturated heterocycles. The van der Waals surface area contributed by atoms with Gasteiger partial charge in [0.15, 0.2) is 17.4 Å². The van der Waals surface area contributed by atoms with Crippen LogP contribution in [0.5, 0.6) is 5.75 Å². The first-order valence-corrected chi connectivity index (χ1v) is 8.14. The Labute approximate surface area is 146 Å². The fourth-order valence-corrected chi connectivity index (χ4v) is 2.68. The van der Waals surface area contributed by atoms with Crippen molar-refractivity contribution >= 4 is 11.8 Å². The zero-order valence-corrected chi connectivity index (χ0v) is 14.6. The van der Waals surface area contributed by atoms with Crippen LogP contribution in [0, 0.1) is 6.92 Å². The maximum Gasteiger partial charge on any atom is 0.317 e. The van der Waals surface area contributed by atoms with Gasteiger partial charge in [0, 0.05) is 40.2 Å². The van der Waals surface area contributed by atoms with Crippen molar-refractivity contribution in [1.29, 1.82) is 0 Å². The van der Waals surface area contributed by atoms with Crippen LogP contribution in [0.25, 0.3) is 0 Å². The van der Waals surface area contributed by atoms with Crippen LogP contribution in [0.15, 0.2) is 22.9 Å². The molecule has 1 aliphatic heterocycles. The molecule has 2 amide bonds. The highest BCUT2D eigenvalue weighted by Crippen LogP contribution is 2.26. The van der Waals surface area contributed by atoms with Crippen molar-refractivity contribution in [3.8, 4) is 5.75 Å². The Bertz CT molecular complexity index is 732. The van der Waals surface area contributed by atoms with Crippen LogP contribution >= 0.6 is 0 Å². The van der Waals surface area contributed by atoms with Gasteiger partial charge in [-0.05, 0) is 12.1 Å². The fraction of sp³-hybridized carbons (Fsp3) is 0.500. The number of ether oxygens (including phenoxy) is 1. The summed E-state index contributed by atoms with van der Waals surface area (Å²) in [6.45, 7) is 3.12. The summed E-state index contributed by atoms with van der Waals surface area (Å²) < 4.78 is 10.9. The lowest BCUT2D eigenvalue weighted by Crippen LogP contribution is -2.39. The van der Waals surface area contributed by atoms with E-state index >= 15 is 0 Å². The van der Waals surface area contributed by atoms with Gasteiger partial charge in [-0.1, -0.05) is 5.16 Å². The second kappa shape index (κ2) is 7.37. The maximum atomic E-state index is 12.3. The van der Waals surface area contributed by atoms with Crippen molar-refractivity contribution in [2.75, 3.05) is 32.1 Å². The largest absolute Gasteiger partial charge is 0.485 e. The van der Waals surface area contributed by atoms with Crippen molar-refractivity contribution in [1.82, 2.24) is 25.3 Å². The quantitative estimate of drug-likeness (QED) is 0.869. The zero-order valence-electron chi connectivity index (χ0n) is 14.6. The van der Waals surface area contributed by atoms with Gasteiger partial charge in [0.1, 0.15) is 6.10 Å². The maximum absolute atomic E-state index is 12.3. The highest BCUT2D eigenvalue weighted by atomic mass is 16.5. The molecule has 134 valence electrons. The van der Waals surface area contributed by atoms with Crippen molar-refractivity contribution in [2.45, 2.75) is 26.0 Å². The molecule has 1 N–H and O–H groups in total. The van der Waals surface area contributed by atoms with Crippen LogP contribution in [0.4, 0.5) is 10.6 Å². The molecule has 1 atom stereocenters. The minimum atomic E-state index is -0.160. The minimum Gasteiger partial charge on any atom is -0.485 e. The monoisotopic (exact) mass is 346 g/mol. The Balaban J connectivity index is 1.52. The number of likely N-dealkylation sites (tertiary alicyclic amines) is 1. The molecule has 0 aliphatic carbocycles. The van der Waals surface area contributed by atoms with E-state index in [-0.39, 0.29) is 18.7 Å². The van der Waals surface area contributed by atoms with Gasteiger partial charge in [-0.3, -0.25) is 0 Å². The van der Waals surface area contributed by atoms with E-state index in [1.54, 1.807) is 18.0 Å². The predicted octanol–water partition coefficient (Wildman–Crippen LogP) is 1.20. The van der Waals surface area contributed by atoms with Crippen LogP contribution in [-0.4, -0.2) is 59.3 Å². The highest BCUT2D eigenvalue weighted by Gasteiger charge is 2.28. The summed E-state index contributed by atoms with van der Waals surface area (Å²) in [4.78, 5) is 24.3. The van der Waals surface area contributed by atoms with Crippen LogP contribution in [0.3, 0.4) is 0 Å². The van der Waals surface area contributed by atoms with E-state index in [9.17, 15) is 4.79 Å². The fourth-order valence-electron chi connectivity index (χ4n) is 2.68. The molecule has 1 fully saturated rings. The second-order valence-electron chi connectivity index (χ2n) is 6.08. The molecular weight excluding hydrogens is 324 g/mol. The van der Waals surface area contributed by atoms with Gasteiger partial charge >= 0.3 is 6.03 Å². The molecule has 3 heterocycles. The van der Waals surface area contributed by atoms with Gasteiger partial charge in [-0.15, -0.1) is 0 Å². The third-order valence-corrected chi connectivity index (χ3v) is 3.87. The van der Waals surface area contributed by atoms with Crippen molar-refractivity contribution in [3.63, 3.8) is 0 Å². The summed E-state index contributed by atoms with van der Waals surface area (Å²) >= 11 is 0. The number of pyridine rings is 1. The van der Waals surface area contributed by atoms with Gasteiger partial charge in [-0.25, -0.2) is 9.78 Å². The third kappa shape index (κ3) is 4.17. The normalized spacial score (nSPS) is 16.8. The molecule has 25 heavy (non-hydrogen) atoms. The highest BCUT2D eigenvalue weighted by molar-refractivity contribution is 5.74. The van der Waals surface area contributed by atoms with E-state index in [0.29, 0.717) is 24.8 Å². The van der Waals surface area contributed by atoms with E-state index in [4.69, 9.17) is 9.26 Å². The number of amides is 2. The number of aryl methyl sites for hydroxylation is 1. The summed E-state index contributed by atoms with van der Waals surface area (Å²) in [6, 6.07) is 3.57. The summed E-state index contributed by atoms with van der Waals surface area (Å²) in [6.07, 6.45) is 2.45. The first-order valence-electron chi connectivity index (χ1n) is 8.14. The number of urea groups is 1. The van der Waals surface area contributed by atoms with Crippen molar-refractivity contribution in [2.24, 2.45) is 0 Å². The van der Waals surface area contributed by atoms with Gasteiger partial charge in [0.25, 0.3) is 0 Å². The smallest absolute Gasteiger partial charge is 0.317 e. The SMILES string of the molecule is Cc1nc(CNC(=O)N2CCC(Oc3cccnc3N(C)C)C2)no1. The summed E-state index contributed by atoms with van der Waals surface area (Å²) in [5.41, 5.74) is 0. The first-order chi connectivity index (χ1) is 12.0. The molecule has 0 bridgehead atoms. The van der Waals surface area contributed by atoms with E-state index in [2.05, 4.69) is 20.4 Å². The topological polar surface area (TPSA) is 96.6 Å². The van der Waals surface area contributed by atoms with Crippen LogP contribution in [0.2, 0.25) is 0 Å². The zero-order chi connectivity index (χ0) is 17.8. The van der Waals surface area contributed by atoms with Crippen LogP contribution < -0.4 is 15.0 Å². The Morgan fingerprint density at radius 1 is 1.52 bits per heavy atom. The van der Waals surface area contributed by atoms with E-state index < -0.39 is 0 Å². The molecular formula is C16H22N6O3. The molecule has 2 aromatic heterocycles. The standard InChI is InChI=1S/C16H22N6O3/c1-11-19-14(20-25-11)9-18-16(23)22-8-6-12(10-22)24-13-5-4-7-17-15(13)21(2)3/h4-5,7,12H,6,8-10H2,1-3H3,(H,18,23). The molecule has 0 saturated carbocycles. The Hall–Kier alpha value is -2.84. The summed E-state index contributed by atoms with van der Waals surface area (Å²) in [5, 5.41) is 6.55. The number of nitrogens with zero attached hydrogens (tertiary/aromatic N) is 5. The predicted molar refractivity (Wildman–Crippen MR) is 90.4 cm³/mol.